The molecular formula is C25H31ClN2O3. The van der Waals surface area contributed by atoms with Crippen LogP contribution in [0.5, 0.6) is 5.75 Å². The molecule has 2 aromatic carbocycles. The van der Waals surface area contributed by atoms with Crippen molar-refractivity contribution in [1.29, 1.82) is 0 Å². The smallest absolute Gasteiger partial charge is 0.261 e. The van der Waals surface area contributed by atoms with E-state index in [1.165, 1.54) is 5.56 Å². The van der Waals surface area contributed by atoms with Crippen molar-refractivity contribution in [3.05, 3.63) is 64.2 Å². The Morgan fingerprint density at radius 2 is 1.77 bits per heavy atom. The normalized spacial score (nSPS) is 14.8. The van der Waals surface area contributed by atoms with Gasteiger partial charge in [-0.05, 0) is 74.6 Å². The molecule has 0 heterocycles. The van der Waals surface area contributed by atoms with E-state index < -0.39 is 6.04 Å². The molecule has 0 spiro atoms. The van der Waals surface area contributed by atoms with Gasteiger partial charge in [0.2, 0.25) is 5.91 Å². The van der Waals surface area contributed by atoms with Crippen LogP contribution < -0.4 is 10.1 Å². The molecule has 2 aromatic rings. The minimum absolute atomic E-state index is 0.125. The third-order valence-electron chi connectivity index (χ3n) is 5.98. The van der Waals surface area contributed by atoms with Crippen molar-refractivity contribution in [3.8, 4) is 5.75 Å². The number of ether oxygens (including phenoxy) is 1. The zero-order chi connectivity index (χ0) is 22.4. The van der Waals surface area contributed by atoms with Gasteiger partial charge < -0.3 is 15.0 Å². The molecule has 0 bridgehead atoms. The van der Waals surface area contributed by atoms with Gasteiger partial charge in [0.05, 0.1) is 0 Å². The summed E-state index contributed by atoms with van der Waals surface area (Å²) in [5.74, 6) is 0.286. The van der Waals surface area contributed by atoms with E-state index in [1.54, 1.807) is 24.0 Å². The molecule has 1 aliphatic carbocycles. The number of carbonyl (C=O) groups excluding carboxylic acids is 2. The Morgan fingerprint density at radius 3 is 2.42 bits per heavy atom. The van der Waals surface area contributed by atoms with Gasteiger partial charge in [0.25, 0.3) is 5.91 Å². The largest absolute Gasteiger partial charge is 0.484 e. The highest BCUT2D eigenvalue weighted by atomic mass is 35.5. The minimum Gasteiger partial charge on any atom is -0.484 e. The van der Waals surface area contributed by atoms with Crippen LogP contribution in [0.1, 0.15) is 49.3 Å². The maximum Gasteiger partial charge on any atom is 0.261 e. The lowest BCUT2D eigenvalue weighted by Crippen LogP contribution is -2.50. The molecule has 1 fully saturated rings. The highest BCUT2D eigenvalue weighted by Gasteiger charge is 2.28. The van der Waals surface area contributed by atoms with Crippen LogP contribution in [0.25, 0.3) is 0 Å². The molecule has 1 atom stereocenters. The van der Waals surface area contributed by atoms with E-state index in [2.05, 4.69) is 5.32 Å². The molecule has 166 valence electrons. The van der Waals surface area contributed by atoms with Gasteiger partial charge in [-0.15, -0.1) is 0 Å². The Morgan fingerprint density at radius 1 is 1.10 bits per heavy atom. The van der Waals surface area contributed by atoms with Gasteiger partial charge in [-0.1, -0.05) is 42.6 Å². The van der Waals surface area contributed by atoms with E-state index in [1.807, 2.05) is 44.2 Å². The number of benzene rings is 2. The lowest BCUT2D eigenvalue weighted by Gasteiger charge is -2.29. The molecule has 1 unspecified atom stereocenters. The first-order valence-corrected chi connectivity index (χ1v) is 11.3. The van der Waals surface area contributed by atoms with Crippen molar-refractivity contribution < 1.29 is 14.3 Å². The molecule has 3 rings (SSSR count). The summed E-state index contributed by atoms with van der Waals surface area (Å²) in [5.41, 5.74) is 3.18. The third kappa shape index (κ3) is 6.47. The fraction of sp³-hybridized carbons (Fsp3) is 0.440. The van der Waals surface area contributed by atoms with Gasteiger partial charge >= 0.3 is 0 Å². The molecular weight excluding hydrogens is 412 g/mol. The zero-order valence-electron chi connectivity index (χ0n) is 18.5. The Labute approximate surface area is 189 Å². The molecule has 31 heavy (non-hydrogen) atoms. The first-order valence-electron chi connectivity index (χ1n) is 10.9. The summed E-state index contributed by atoms with van der Waals surface area (Å²) < 4.78 is 5.76. The molecule has 0 radical (unpaired) electrons. The number of nitrogens with one attached hydrogen (secondary N) is 1. The van der Waals surface area contributed by atoms with Gasteiger partial charge in [-0.2, -0.15) is 0 Å². The lowest BCUT2D eigenvalue weighted by molar-refractivity contribution is -0.142. The summed E-state index contributed by atoms with van der Waals surface area (Å²) in [6, 6.07) is 12.7. The van der Waals surface area contributed by atoms with Crippen LogP contribution in [0.2, 0.25) is 5.02 Å². The Kier molecular flexibility index (Phi) is 7.97. The van der Waals surface area contributed by atoms with Crippen molar-refractivity contribution >= 4 is 23.4 Å². The highest BCUT2D eigenvalue weighted by molar-refractivity contribution is 6.30. The monoisotopic (exact) mass is 442 g/mol. The molecule has 0 saturated heterocycles. The fourth-order valence-electron chi connectivity index (χ4n) is 3.79. The maximum absolute atomic E-state index is 13.1. The van der Waals surface area contributed by atoms with E-state index in [0.29, 0.717) is 17.3 Å². The first-order chi connectivity index (χ1) is 14.8. The maximum atomic E-state index is 13.1. The average Bonchev–Trinajstić information content (AvgIpc) is 3.26. The van der Waals surface area contributed by atoms with Gasteiger partial charge in [0.15, 0.2) is 6.61 Å². The predicted molar refractivity (Wildman–Crippen MR) is 123 cm³/mol. The number of nitrogens with zero attached hydrogens (tertiary/aromatic N) is 1. The quantitative estimate of drug-likeness (QED) is 0.638. The third-order valence-corrected chi connectivity index (χ3v) is 6.23. The molecule has 5 nitrogen and oxygen atoms in total. The summed E-state index contributed by atoms with van der Waals surface area (Å²) in [6.07, 6.45) is 4.27. The second-order valence-electron chi connectivity index (χ2n) is 8.35. The van der Waals surface area contributed by atoms with Crippen molar-refractivity contribution in [2.24, 2.45) is 0 Å². The van der Waals surface area contributed by atoms with Crippen LogP contribution in [0.4, 0.5) is 0 Å². The predicted octanol–water partition coefficient (Wildman–Crippen LogP) is 4.81. The van der Waals surface area contributed by atoms with Gasteiger partial charge in [0.1, 0.15) is 11.8 Å². The number of aryl methyl sites for hydroxylation is 2. The topological polar surface area (TPSA) is 58.6 Å². The van der Waals surface area contributed by atoms with Crippen LogP contribution in [0, 0.1) is 13.8 Å². The Bertz CT molecular complexity index is 907. The molecule has 2 amide bonds. The summed E-state index contributed by atoms with van der Waals surface area (Å²) in [4.78, 5) is 27.6. The van der Waals surface area contributed by atoms with Crippen molar-refractivity contribution in [1.82, 2.24) is 10.2 Å². The first kappa shape index (κ1) is 23.1. The van der Waals surface area contributed by atoms with Crippen LogP contribution in [-0.4, -0.2) is 35.4 Å². The van der Waals surface area contributed by atoms with Crippen LogP contribution in [0.3, 0.4) is 0 Å². The fourth-order valence-corrected chi connectivity index (χ4v) is 3.92. The van der Waals surface area contributed by atoms with Crippen molar-refractivity contribution in [3.63, 3.8) is 0 Å². The van der Waals surface area contributed by atoms with Crippen molar-refractivity contribution in [2.45, 2.75) is 65.1 Å². The summed E-state index contributed by atoms with van der Waals surface area (Å²) in [6.45, 7) is 5.99. The highest BCUT2D eigenvalue weighted by Crippen LogP contribution is 2.20. The summed E-state index contributed by atoms with van der Waals surface area (Å²) in [5, 5.41) is 3.73. The number of rotatable bonds is 8. The molecule has 0 aromatic heterocycles. The van der Waals surface area contributed by atoms with Gasteiger partial charge in [-0.25, -0.2) is 0 Å². The molecule has 0 aliphatic heterocycles. The second kappa shape index (κ2) is 10.7. The number of amides is 2. The summed E-state index contributed by atoms with van der Waals surface area (Å²) >= 11 is 6.00. The van der Waals surface area contributed by atoms with Crippen molar-refractivity contribution in [2.75, 3.05) is 6.61 Å². The lowest BCUT2D eigenvalue weighted by atomic mass is 10.1. The second-order valence-corrected chi connectivity index (χ2v) is 8.79. The van der Waals surface area contributed by atoms with E-state index in [9.17, 15) is 9.59 Å². The number of carbonyl (C=O) groups is 2. The van der Waals surface area contributed by atoms with E-state index in [-0.39, 0.29) is 24.5 Å². The van der Waals surface area contributed by atoms with Gasteiger partial charge in [-0.3, -0.25) is 9.59 Å². The number of hydrogen-bond donors (Lipinski definition) is 1. The molecule has 6 heteroatoms. The zero-order valence-corrected chi connectivity index (χ0v) is 19.2. The summed E-state index contributed by atoms with van der Waals surface area (Å²) in [7, 11) is 0. The number of hydrogen-bond acceptors (Lipinski definition) is 3. The average molecular weight is 443 g/mol. The van der Waals surface area contributed by atoms with Crippen LogP contribution in [0.15, 0.2) is 42.5 Å². The molecule has 1 saturated carbocycles. The van der Waals surface area contributed by atoms with Crippen LogP contribution in [-0.2, 0) is 16.1 Å². The SMILES string of the molecule is Cc1ccc(OCC(=O)N(Cc2ccc(Cl)cc2)C(C)C(=O)NC2CCCC2)cc1C. The van der Waals surface area contributed by atoms with E-state index in [0.717, 1.165) is 36.8 Å². The van der Waals surface area contributed by atoms with Crippen LogP contribution >= 0.6 is 11.6 Å². The molecule has 1 aliphatic rings. The standard InChI is InChI=1S/C25H31ClN2O3/c1-17-8-13-23(14-18(17)2)31-16-24(29)28(15-20-9-11-21(26)12-10-20)19(3)25(30)27-22-6-4-5-7-22/h8-14,19,22H,4-7,15-16H2,1-3H3,(H,27,30). The number of halogens is 1. The minimum atomic E-state index is -0.605. The molecule has 1 N–H and O–H groups in total. The van der Waals surface area contributed by atoms with E-state index >= 15 is 0 Å². The Balaban J connectivity index is 1.71. The van der Waals surface area contributed by atoms with E-state index in [4.69, 9.17) is 16.3 Å². The van der Waals surface area contributed by atoms with Gasteiger partial charge in [0, 0.05) is 17.6 Å². The Hall–Kier alpha value is -2.53.